The molecule has 0 radical (unpaired) electrons. The van der Waals surface area contributed by atoms with Crippen molar-refractivity contribution >= 4 is 11.8 Å². The molecule has 6 nitrogen and oxygen atoms in total. The molecule has 0 bridgehead atoms. The molecular weight excluding hydrogens is 402 g/mol. The zero-order chi connectivity index (χ0) is 22.3. The topological polar surface area (TPSA) is 71.5 Å². The third kappa shape index (κ3) is 5.87. The van der Waals surface area contributed by atoms with E-state index < -0.39 is 0 Å². The van der Waals surface area contributed by atoms with Crippen molar-refractivity contribution < 1.29 is 14.3 Å². The molecule has 6 heteroatoms. The Morgan fingerprint density at radius 1 is 1.06 bits per heavy atom. The van der Waals surface area contributed by atoms with E-state index in [9.17, 15) is 9.59 Å². The van der Waals surface area contributed by atoms with E-state index >= 15 is 0 Å². The molecule has 0 atom stereocenters. The number of carbonyl (C=O) groups is 2. The summed E-state index contributed by atoms with van der Waals surface area (Å²) in [5, 5.41) is 3.15. The van der Waals surface area contributed by atoms with Crippen LogP contribution in [0.5, 0.6) is 5.75 Å². The van der Waals surface area contributed by atoms with Crippen LogP contribution in [0, 0.1) is 12.8 Å². The highest BCUT2D eigenvalue weighted by atomic mass is 16.5. The van der Waals surface area contributed by atoms with Gasteiger partial charge in [0.15, 0.2) is 0 Å². The van der Waals surface area contributed by atoms with Crippen LogP contribution in [0.25, 0.3) is 0 Å². The fourth-order valence-electron chi connectivity index (χ4n) is 4.63. The van der Waals surface area contributed by atoms with Crippen molar-refractivity contribution in [1.29, 1.82) is 0 Å². The van der Waals surface area contributed by atoms with Crippen molar-refractivity contribution in [3.05, 3.63) is 59.4 Å². The normalized spacial score (nSPS) is 17.7. The van der Waals surface area contributed by atoms with Crippen LogP contribution >= 0.6 is 0 Å². The van der Waals surface area contributed by atoms with Gasteiger partial charge in [-0.25, -0.2) is 0 Å². The lowest BCUT2D eigenvalue weighted by atomic mass is 9.87. The molecule has 2 heterocycles. The second-order valence-corrected chi connectivity index (χ2v) is 9.03. The zero-order valence-corrected chi connectivity index (χ0v) is 18.9. The van der Waals surface area contributed by atoms with Crippen LogP contribution in [0.3, 0.4) is 0 Å². The Morgan fingerprint density at radius 3 is 2.56 bits per heavy atom. The number of piperidine rings is 1. The van der Waals surface area contributed by atoms with E-state index in [1.165, 1.54) is 19.3 Å². The van der Waals surface area contributed by atoms with Gasteiger partial charge >= 0.3 is 0 Å². The quantitative estimate of drug-likeness (QED) is 0.736. The van der Waals surface area contributed by atoms with Gasteiger partial charge in [-0.2, -0.15) is 0 Å². The minimum Gasteiger partial charge on any atom is -0.487 e. The van der Waals surface area contributed by atoms with E-state index in [1.54, 1.807) is 6.20 Å². The number of nitrogens with zero attached hydrogens (tertiary/aromatic N) is 2. The molecule has 2 aromatic rings. The summed E-state index contributed by atoms with van der Waals surface area (Å²) in [7, 11) is 0. The number of hydrogen-bond donors (Lipinski definition) is 1. The molecule has 1 aliphatic carbocycles. The minimum absolute atomic E-state index is 0.0686. The Labute approximate surface area is 190 Å². The maximum absolute atomic E-state index is 12.8. The number of aryl methyl sites for hydroxylation is 1. The van der Waals surface area contributed by atoms with Gasteiger partial charge in [-0.3, -0.25) is 14.6 Å². The van der Waals surface area contributed by atoms with Crippen LogP contribution < -0.4 is 10.1 Å². The highest BCUT2D eigenvalue weighted by Gasteiger charge is 2.29. The van der Waals surface area contributed by atoms with Crippen molar-refractivity contribution in [2.75, 3.05) is 13.1 Å². The van der Waals surface area contributed by atoms with E-state index in [1.807, 2.05) is 48.2 Å². The van der Waals surface area contributed by atoms with Gasteiger partial charge in [0.25, 0.3) is 5.91 Å². The second kappa shape index (κ2) is 10.6. The average molecular weight is 436 g/mol. The van der Waals surface area contributed by atoms with Gasteiger partial charge < -0.3 is 15.0 Å². The number of amides is 2. The molecule has 170 valence electrons. The lowest BCUT2D eigenvalue weighted by molar-refractivity contribution is -0.137. The van der Waals surface area contributed by atoms with Gasteiger partial charge in [0.2, 0.25) is 5.91 Å². The molecule has 2 aliphatic rings. The Kier molecular flexibility index (Phi) is 7.40. The number of benzene rings is 1. The molecule has 1 aliphatic heterocycles. The van der Waals surface area contributed by atoms with Crippen LogP contribution in [0.2, 0.25) is 0 Å². The largest absolute Gasteiger partial charge is 0.487 e. The van der Waals surface area contributed by atoms with Crippen molar-refractivity contribution in [1.82, 2.24) is 15.2 Å². The maximum Gasteiger partial charge on any atom is 0.251 e. The van der Waals surface area contributed by atoms with Crippen LogP contribution in [0.15, 0.2) is 42.6 Å². The molecule has 4 rings (SSSR count). The first-order chi connectivity index (χ1) is 15.6. The molecule has 2 fully saturated rings. The van der Waals surface area contributed by atoms with Gasteiger partial charge in [0.1, 0.15) is 12.4 Å². The van der Waals surface area contributed by atoms with E-state index in [4.69, 9.17) is 4.74 Å². The van der Waals surface area contributed by atoms with Gasteiger partial charge in [0.05, 0.1) is 6.20 Å². The standard InChI is InChI=1S/C26H33N3O3/c1-19-10-11-24(17-27-19)32-18-20-6-5-9-22(16-20)25(30)28-23-12-14-29(15-13-23)26(31)21-7-3-2-4-8-21/h5-6,9-11,16-17,21,23H,2-4,7-8,12-15,18H2,1H3,(H,28,30). The summed E-state index contributed by atoms with van der Waals surface area (Å²) in [6.07, 6.45) is 9.02. The summed E-state index contributed by atoms with van der Waals surface area (Å²) in [6, 6.07) is 11.4. The smallest absolute Gasteiger partial charge is 0.251 e. The second-order valence-electron chi connectivity index (χ2n) is 9.03. The molecule has 1 saturated carbocycles. The number of hydrogen-bond acceptors (Lipinski definition) is 4. The van der Waals surface area contributed by atoms with Crippen molar-refractivity contribution in [2.24, 2.45) is 5.92 Å². The maximum atomic E-state index is 12.8. The minimum atomic E-state index is -0.0686. The predicted octanol–water partition coefficient (Wildman–Crippen LogP) is 4.27. The lowest BCUT2D eigenvalue weighted by Crippen LogP contribution is -2.48. The van der Waals surface area contributed by atoms with E-state index in [0.717, 1.165) is 50.0 Å². The SMILES string of the molecule is Cc1ccc(OCc2cccc(C(=O)NC3CCN(C(=O)C4CCCCC4)CC3)c2)cn1. The monoisotopic (exact) mass is 435 g/mol. The number of pyridine rings is 1. The number of ether oxygens (including phenoxy) is 1. The summed E-state index contributed by atoms with van der Waals surface area (Å²) < 4.78 is 5.78. The van der Waals surface area contributed by atoms with Crippen LogP contribution in [-0.4, -0.2) is 40.8 Å². The molecule has 2 amide bonds. The fourth-order valence-corrected chi connectivity index (χ4v) is 4.63. The number of rotatable bonds is 6. The molecular formula is C26H33N3O3. The summed E-state index contributed by atoms with van der Waals surface area (Å²) in [6.45, 7) is 3.79. The first kappa shape index (κ1) is 22.3. The zero-order valence-electron chi connectivity index (χ0n) is 18.9. The molecule has 1 aromatic carbocycles. The van der Waals surface area contributed by atoms with E-state index in [2.05, 4.69) is 10.3 Å². The van der Waals surface area contributed by atoms with Crippen molar-refractivity contribution in [3.8, 4) is 5.75 Å². The highest BCUT2D eigenvalue weighted by molar-refractivity contribution is 5.94. The average Bonchev–Trinajstić information content (AvgIpc) is 2.84. The molecule has 32 heavy (non-hydrogen) atoms. The molecule has 0 unspecified atom stereocenters. The van der Waals surface area contributed by atoms with Gasteiger partial charge in [0, 0.05) is 36.3 Å². The molecule has 0 spiro atoms. The summed E-state index contributed by atoms with van der Waals surface area (Å²) in [5.41, 5.74) is 2.51. The Bertz CT molecular complexity index is 914. The molecule has 1 N–H and O–H groups in total. The first-order valence-electron chi connectivity index (χ1n) is 11.8. The van der Waals surface area contributed by atoms with Gasteiger partial charge in [-0.15, -0.1) is 0 Å². The van der Waals surface area contributed by atoms with E-state index in [-0.39, 0.29) is 17.9 Å². The lowest BCUT2D eigenvalue weighted by Gasteiger charge is -2.35. The number of nitrogens with one attached hydrogen (secondary N) is 1. The summed E-state index contributed by atoms with van der Waals surface area (Å²) in [4.78, 5) is 31.8. The Balaban J connectivity index is 1.25. The third-order valence-corrected chi connectivity index (χ3v) is 6.58. The number of carbonyl (C=O) groups excluding carboxylic acids is 2. The first-order valence-corrected chi connectivity index (χ1v) is 11.8. The molecule has 1 saturated heterocycles. The molecule has 1 aromatic heterocycles. The van der Waals surface area contributed by atoms with Crippen molar-refractivity contribution in [2.45, 2.75) is 64.5 Å². The third-order valence-electron chi connectivity index (χ3n) is 6.58. The van der Waals surface area contributed by atoms with Crippen LogP contribution in [-0.2, 0) is 11.4 Å². The number of aromatic nitrogens is 1. The summed E-state index contributed by atoms with van der Waals surface area (Å²) in [5.74, 6) is 1.18. The van der Waals surface area contributed by atoms with Crippen molar-refractivity contribution in [3.63, 3.8) is 0 Å². The summed E-state index contributed by atoms with van der Waals surface area (Å²) >= 11 is 0. The van der Waals surface area contributed by atoms with Gasteiger partial charge in [-0.1, -0.05) is 31.4 Å². The van der Waals surface area contributed by atoms with Crippen LogP contribution in [0.1, 0.15) is 66.6 Å². The van der Waals surface area contributed by atoms with Crippen LogP contribution in [0.4, 0.5) is 0 Å². The predicted molar refractivity (Wildman–Crippen MR) is 123 cm³/mol. The van der Waals surface area contributed by atoms with E-state index in [0.29, 0.717) is 23.8 Å². The number of likely N-dealkylation sites (tertiary alicyclic amines) is 1. The Hall–Kier alpha value is -2.89. The fraction of sp³-hybridized carbons (Fsp3) is 0.500. The Morgan fingerprint density at radius 2 is 1.84 bits per heavy atom. The van der Waals surface area contributed by atoms with Gasteiger partial charge in [-0.05, 0) is 62.4 Å². The highest BCUT2D eigenvalue weighted by Crippen LogP contribution is 2.26.